The fourth-order valence-corrected chi connectivity index (χ4v) is 2.07. The largest absolute Gasteiger partial charge is 0.386 e. The summed E-state index contributed by atoms with van der Waals surface area (Å²) in [4.78, 5) is 0. The summed E-state index contributed by atoms with van der Waals surface area (Å²) in [5, 5.41) is 14.7. The van der Waals surface area contributed by atoms with Gasteiger partial charge in [-0.25, -0.2) is 0 Å². The second-order valence-corrected chi connectivity index (χ2v) is 6.97. The molecule has 1 aromatic rings. The summed E-state index contributed by atoms with van der Waals surface area (Å²) in [6, 6.07) is 2.00. The first-order valence-electron chi connectivity index (χ1n) is 7.43. The Morgan fingerprint density at radius 2 is 1.85 bits per heavy atom. The van der Waals surface area contributed by atoms with E-state index in [-0.39, 0.29) is 5.41 Å². The highest BCUT2D eigenvalue weighted by Gasteiger charge is 2.25. The topological polar surface area (TPSA) is 46.3 Å². The maximum absolute atomic E-state index is 10.6. The first kappa shape index (κ1) is 17.0. The smallest absolute Gasteiger partial charge is 0.142 e. The van der Waals surface area contributed by atoms with Crippen LogP contribution in [0.15, 0.2) is 21.7 Å². The van der Waals surface area contributed by atoms with E-state index in [4.69, 9.17) is 4.52 Å². The average Bonchev–Trinajstić information content (AvgIpc) is 2.83. The van der Waals surface area contributed by atoms with Crippen LogP contribution in [0.2, 0.25) is 0 Å². The molecule has 0 aliphatic heterocycles. The predicted octanol–water partition coefficient (Wildman–Crippen LogP) is 4.40. The summed E-state index contributed by atoms with van der Waals surface area (Å²) >= 11 is 0. The standard InChI is InChI=1S/C17H29NO2/c1-8-12(2)13(3)17(7,19)10-9-14-11-15(20-18-14)16(4,5)6/h11,19H,8-10H2,1-7H3/b13-12-. The van der Waals surface area contributed by atoms with E-state index >= 15 is 0 Å². The Morgan fingerprint density at radius 3 is 2.30 bits per heavy atom. The van der Waals surface area contributed by atoms with Crippen molar-refractivity contribution in [3.05, 3.63) is 28.7 Å². The molecule has 1 unspecified atom stereocenters. The Balaban J connectivity index is 2.74. The molecule has 0 aliphatic carbocycles. The molecule has 0 saturated carbocycles. The van der Waals surface area contributed by atoms with E-state index in [9.17, 15) is 5.11 Å². The van der Waals surface area contributed by atoms with E-state index in [1.54, 1.807) is 0 Å². The van der Waals surface area contributed by atoms with Crippen molar-refractivity contribution in [1.29, 1.82) is 0 Å². The molecule has 1 aromatic heterocycles. The minimum absolute atomic E-state index is 0.0254. The van der Waals surface area contributed by atoms with Crippen LogP contribution in [0.3, 0.4) is 0 Å². The SMILES string of the molecule is CC/C(C)=C(/C)C(C)(O)CCc1cc(C(C)(C)C)on1. The van der Waals surface area contributed by atoms with Gasteiger partial charge in [-0.3, -0.25) is 0 Å². The van der Waals surface area contributed by atoms with Crippen LogP contribution in [0, 0.1) is 0 Å². The van der Waals surface area contributed by atoms with Gasteiger partial charge in [-0.2, -0.15) is 0 Å². The van der Waals surface area contributed by atoms with Gasteiger partial charge in [0, 0.05) is 11.5 Å². The zero-order valence-electron chi connectivity index (χ0n) is 14.0. The van der Waals surface area contributed by atoms with Crippen LogP contribution >= 0.6 is 0 Å². The maximum atomic E-state index is 10.6. The second kappa shape index (κ2) is 6.13. The van der Waals surface area contributed by atoms with Crippen LogP contribution in [-0.4, -0.2) is 15.9 Å². The third-order valence-corrected chi connectivity index (χ3v) is 4.14. The van der Waals surface area contributed by atoms with Crippen molar-refractivity contribution < 1.29 is 9.63 Å². The molecule has 0 amide bonds. The second-order valence-electron chi connectivity index (χ2n) is 6.97. The molecule has 0 fully saturated rings. The summed E-state index contributed by atoms with van der Waals surface area (Å²) in [6.07, 6.45) is 2.35. The molecule has 114 valence electrons. The third-order valence-electron chi connectivity index (χ3n) is 4.14. The van der Waals surface area contributed by atoms with Gasteiger partial charge in [-0.15, -0.1) is 0 Å². The molecular weight excluding hydrogens is 250 g/mol. The number of hydrogen-bond acceptors (Lipinski definition) is 3. The number of aliphatic hydroxyl groups is 1. The highest BCUT2D eigenvalue weighted by molar-refractivity contribution is 5.20. The lowest BCUT2D eigenvalue weighted by Crippen LogP contribution is -2.27. The number of allylic oxidation sites excluding steroid dienone is 1. The van der Waals surface area contributed by atoms with Crippen LogP contribution in [0.25, 0.3) is 0 Å². The van der Waals surface area contributed by atoms with Crippen molar-refractivity contribution >= 4 is 0 Å². The minimum atomic E-state index is -0.777. The highest BCUT2D eigenvalue weighted by Crippen LogP contribution is 2.27. The normalized spacial score (nSPS) is 16.8. The summed E-state index contributed by atoms with van der Waals surface area (Å²) in [5.74, 6) is 0.893. The first-order valence-corrected chi connectivity index (χ1v) is 7.43. The number of rotatable bonds is 5. The lowest BCUT2D eigenvalue weighted by atomic mass is 9.87. The van der Waals surface area contributed by atoms with E-state index in [1.807, 2.05) is 19.9 Å². The molecule has 3 nitrogen and oxygen atoms in total. The summed E-state index contributed by atoms with van der Waals surface area (Å²) in [6.45, 7) is 14.4. The van der Waals surface area contributed by atoms with Crippen LogP contribution in [0.5, 0.6) is 0 Å². The van der Waals surface area contributed by atoms with Gasteiger partial charge in [-0.05, 0) is 45.6 Å². The molecule has 0 bridgehead atoms. The van der Waals surface area contributed by atoms with E-state index < -0.39 is 5.60 Å². The van der Waals surface area contributed by atoms with Crippen molar-refractivity contribution in [3.63, 3.8) is 0 Å². The summed E-state index contributed by atoms with van der Waals surface area (Å²) in [5.41, 5.74) is 2.44. The predicted molar refractivity (Wildman–Crippen MR) is 82.8 cm³/mol. The molecule has 0 spiro atoms. The zero-order valence-corrected chi connectivity index (χ0v) is 14.0. The molecule has 20 heavy (non-hydrogen) atoms. The van der Waals surface area contributed by atoms with Crippen LogP contribution in [0.4, 0.5) is 0 Å². The number of hydrogen-bond donors (Lipinski definition) is 1. The summed E-state index contributed by atoms with van der Waals surface area (Å²) in [7, 11) is 0. The van der Waals surface area contributed by atoms with Gasteiger partial charge in [0.2, 0.25) is 0 Å². The van der Waals surface area contributed by atoms with Crippen molar-refractivity contribution in [2.45, 2.75) is 78.7 Å². The molecule has 1 atom stereocenters. The first-order chi connectivity index (χ1) is 9.08. The molecular formula is C17H29NO2. The van der Waals surface area contributed by atoms with Gasteiger partial charge in [0.15, 0.2) is 0 Å². The van der Waals surface area contributed by atoms with Gasteiger partial charge in [0.25, 0.3) is 0 Å². The minimum Gasteiger partial charge on any atom is -0.386 e. The molecule has 0 radical (unpaired) electrons. The fraction of sp³-hybridized carbons (Fsp3) is 0.706. The van der Waals surface area contributed by atoms with Crippen molar-refractivity contribution in [3.8, 4) is 0 Å². The van der Waals surface area contributed by atoms with Crippen molar-refractivity contribution in [1.82, 2.24) is 5.16 Å². The Morgan fingerprint density at radius 1 is 1.25 bits per heavy atom. The number of aromatic nitrogens is 1. The Hall–Kier alpha value is -1.09. The van der Waals surface area contributed by atoms with E-state index in [0.29, 0.717) is 6.42 Å². The van der Waals surface area contributed by atoms with E-state index in [2.05, 4.69) is 39.8 Å². The Kier molecular flexibility index (Phi) is 5.20. The quantitative estimate of drug-likeness (QED) is 0.812. The Labute approximate surface area is 123 Å². The maximum Gasteiger partial charge on any atom is 0.142 e. The Bertz CT molecular complexity index is 475. The van der Waals surface area contributed by atoms with Gasteiger partial charge >= 0.3 is 0 Å². The number of aryl methyl sites for hydroxylation is 1. The van der Waals surface area contributed by atoms with Crippen molar-refractivity contribution in [2.75, 3.05) is 0 Å². The van der Waals surface area contributed by atoms with Crippen LogP contribution in [-0.2, 0) is 11.8 Å². The van der Waals surface area contributed by atoms with E-state index in [1.165, 1.54) is 5.57 Å². The molecule has 1 rings (SSSR count). The van der Waals surface area contributed by atoms with Crippen LogP contribution < -0.4 is 0 Å². The number of nitrogens with zero attached hydrogens (tertiary/aromatic N) is 1. The van der Waals surface area contributed by atoms with Crippen LogP contribution in [0.1, 0.15) is 72.8 Å². The third kappa shape index (κ3) is 4.20. The molecule has 1 N–H and O–H groups in total. The van der Waals surface area contributed by atoms with E-state index in [0.717, 1.165) is 29.9 Å². The van der Waals surface area contributed by atoms with Gasteiger partial charge in [0.1, 0.15) is 5.76 Å². The van der Waals surface area contributed by atoms with Crippen molar-refractivity contribution in [2.24, 2.45) is 0 Å². The summed E-state index contributed by atoms with van der Waals surface area (Å²) < 4.78 is 5.38. The van der Waals surface area contributed by atoms with Gasteiger partial charge < -0.3 is 9.63 Å². The molecule has 0 aromatic carbocycles. The zero-order chi connectivity index (χ0) is 15.6. The molecule has 0 aliphatic rings. The molecule has 3 heteroatoms. The lowest BCUT2D eigenvalue weighted by molar-refractivity contribution is 0.0875. The molecule has 0 saturated heterocycles. The fourth-order valence-electron chi connectivity index (χ4n) is 2.07. The van der Waals surface area contributed by atoms with Gasteiger partial charge in [-0.1, -0.05) is 38.4 Å². The highest BCUT2D eigenvalue weighted by atomic mass is 16.5. The van der Waals surface area contributed by atoms with Gasteiger partial charge in [0.05, 0.1) is 11.3 Å². The lowest BCUT2D eigenvalue weighted by Gasteiger charge is -2.26. The molecule has 1 heterocycles. The average molecular weight is 279 g/mol. The monoisotopic (exact) mass is 279 g/mol.